The smallest absolute Gasteiger partial charge is 0.251 e. The number of anilines is 1. The number of hydrogen-bond acceptors (Lipinski definition) is 5. The molecular formula is C14H17N3O3S. The third kappa shape index (κ3) is 2.78. The molecule has 1 fully saturated rings. The fourth-order valence-electron chi connectivity index (χ4n) is 2.58. The van der Waals surface area contributed by atoms with E-state index in [1.807, 2.05) is 0 Å². The summed E-state index contributed by atoms with van der Waals surface area (Å²) in [7, 11) is 1.52. The Morgan fingerprint density at radius 3 is 2.76 bits per heavy atom. The molecule has 2 aliphatic carbocycles. The molecule has 0 bridgehead atoms. The van der Waals surface area contributed by atoms with E-state index in [1.165, 1.54) is 18.4 Å². The molecule has 21 heavy (non-hydrogen) atoms. The van der Waals surface area contributed by atoms with E-state index in [0.29, 0.717) is 23.4 Å². The minimum atomic E-state index is -0.481. The number of nitrogens with zero attached hydrogens (tertiary/aromatic N) is 1. The van der Waals surface area contributed by atoms with Gasteiger partial charge in [-0.1, -0.05) is 5.16 Å². The van der Waals surface area contributed by atoms with Crippen LogP contribution in [0.15, 0.2) is 5.16 Å². The van der Waals surface area contributed by atoms with E-state index >= 15 is 0 Å². The van der Waals surface area contributed by atoms with Gasteiger partial charge in [-0.3, -0.25) is 9.59 Å². The van der Waals surface area contributed by atoms with Gasteiger partial charge in [0.25, 0.3) is 5.91 Å². The van der Waals surface area contributed by atoms with E-state index in [2.05, 4.69) is 10.5 Å². The largest absolute Gasteiger partial charge is 0.399 e. The molecule has 1 heterocycles. The van der Waals surface area contributed by atoms with Crippen LogP contribution in [0.1, 0.15) is 40.1 Å². The first kappa shape index (κ1) is 14.1. The molecule has 1 aromatic rings. The van der Waals surface area contributed by atoms with Gasteiger partial charge in [0, 0.05) is 17.2 Å². The number of nitrogens with one attached hydrogen (secondary N) is 1. The molecule has 2 aliphatic rings. The summed E-state index contributed by atoms with van der Waals surface area (Å²) in [6.45, 7) is 0. The number of carbonyl (C=O) groups excluding carboxylic acids is 2. The minimum Gasteiger partial charge on any atom is -0.399 e. The fraction of sp³-hybridized carbons (Fsp3) is 0.500. The van der Waals surface area contributed by atoms with Gasteiger partial charge in [0.2, 0.25) is 5.91 Å². The molecular weight excluding hydrogens is 290 g/mol. The van der Waals surface area contributed by atoms with Gasteiger partial charge < -0.3 is 15.9 Å². The van der Waals surface area contributed by atoms with Crippen LogP contribution in [0.3, 0.4) is 0 Å². The standard InChI is InChI=1S/C14H17N3O3S/c1-20-17-8-4-5-9-10(6-8)21-14(11(9)12(15)18)16-13(19)7-2-3-7/h7H,2-6H2,1H3,(H2,15,18)(H,16,19)/b17-8+. The number of carbonyl (C=O) groups is 2. The molecule has 1 saturated carbocycles. The Labute approximate surface area is 126 Å². The highest BCUT2D eigenvalue weighted by atomic mass is 32.1. The molecule has 0 aliphatic heterocycles. The summed E-state index contributed by atoms with van der Waals surface area (Å²) in [4.78, 5) is 29.5. The first-order chi connectivity index (χ1) is 10.1. The quantitative estimate of drug-likeness (QED) is 0.829. The van der Waals surface area contributed by atoms with Crippen molar-refractivity contribution in [3.8, 4) is 0 Å². The summed E-state index contributed by atoms with van der Waals surface area (Å²) in [5, 5.41) is 7.44. The Morgan fingerprint density at radius 1 is 1.38 bits per heavy atom. The van der Waals surface area contributed by atoms with E-state index in [-0.39, 0.29) is 11.8 Å². The van der Waals surface area contributed by atoms with Crippen LogP contribution in [0.25, 0.3) is 0 Å². The highest BCUT2D eigenvalue weighted by Gasteiger charge is 2.32. The average Bonchev–Trinajstić information content (AvgIpc) is 3.21. The van der Waals surface area contributed by atoms with Crippen molar-refractivity contribution in [3.05, 3.63) is 16.0 Å². The number of primary amides is 1. The summed E-state index contributed by atoms with van der Waals surface area (Å²) in [5.41, 5.74) is 7.88. The lowest BCUT2D eigenvalue weighted by molar-refractivity contribution is -0.117. The Morgan fingerprint density at radius 2 is 2.14 bits per heavy atom. The van der Waals surface area contributed by atoms with Crippen molar-refractivity contribution < 1.29 is 14.4 Å². The molecule has 0 radical (unpaired) electrons. The van der Waals surface area contributed by atoms with E-state index in [9.17, 15) is 9.59 Å². The number of nitrogens with two attached hydrogens (primary N) is 1. The number of hydrogen-bond donors (Lipinski definition) is 2. The van der Waals surface area contributed by atoms with E-state index in [0.717, 1.165) is 35.4 Å². The van der Waals surface area contributed by atoms with E-state index < -0.39 is 5.91 Å². The van der Waals surface area contributed by atoms with Crippen molar-refractivity contribution in [1.82, 2.24) is 0 Å². The molecule has 3 N–H and O–H groups in total. The Balaban J connectivity index is 1.91. The Kier molecular flexibility index (Phi) is 3.67. The van der Waals surface area contributed by atoms with Crippen LogP contribution < -0.4 is 11.1 Å². The molecule has 0 spiro atoms. The molecule has 0 atom stereocenters. The molecule has 1 aromatic heterocycles. The minimum absolute atomic E-state index is 0.0121. The second kappa shape index (κ2) is 5.48. The highest BCUT2D eigenvalue weighted by molar-refractivity contribution is 7.17. The zero-order valence-corrected chi connectivity index (χ0v) is 12.6. The van der Waals surface area contributed by atoms with E-state index in [4.69, 9.17) is 10.6 Å². The molecule has 7 heteroatoms. The van der Waals surface area contributed by atoms with Gasteiger partial charge >= 0.3 is 0 Å². The molecule has 2 amide bonds. The predicted octanol–water partition coefficient (Wildman–Crippen LogP) is 1.69. The van der Waals surface area contributed by atoms with Crippen molar-refractivity contribution in [2.24, 2.45) is 16.8 Å². The van der Waals surface area contributed by atoms with Crippen LogP contribution in [0.4, 0.5) is 5.00 Å². The Bertz CT molecular complexity index is 632. The van der Waals surface area contributed by atoms with Gasteiger partial charge in [0.05, 0.1) is 11.3 Å². The number of oxime groups is 1. The number of thiophene rings is 1. The monoisotopic (exact) mass is 307 g/mol. The lowest BCUT2D eigenvalue weighted by Gasteiger charge is -2.13. The highest BCUT2D eigenvalue weighted by Crippen LogP contribution is 2.39. The van der Waals surface area contributed by atoms with E-state index in [1.54, 1.807) is 0 Å². The number of fused-ring (bicyclic) bond motifs is 1. The third-order valence-electron chi connectivity index (χ3n) is 3.77. The van der Waals surface area contributed by atoms with Crippen molar-refractivity contribution in [2.45, 2.75) is 32.1 Å². The summed E-state index contributed by atoms with van der Waals surface area (Å²) in [5.74, 6) is -0.400. The second-order valence-corrected chi connectivity index (χ2v) is 6.46. The van der Waals surface area contributed by atoms with Crippen molar-refractivity contribution >= 4 is 33.9 Å². The van der Waals surface area contributed by atoms with Crippen LogP contribution in [-0.4, -0.2) is 24.6 Å². The average molecular weight is 307 g/mol. The predicted molar refractivity (Wildman–Crippen MR) is 80.7 cm³/mol. The van der Waals surface area contributed by atoms with Gasteiger partial charge in [-0.25, -0.2) is 0 Å². The van der Waals surface area contributed by atoms with Crippen molar-refractivity contribution in [1.29, 1.82) is 0 Å². The van der Waals surface area contributed by atoms with Crippen LogP contribution in [0.2, 0.25) is 0 Å². The molecule has 6 nitrogen and oxygen atoms in total. The van der Waals surface area contributed by atoms with Gasteiger partial charge in [-0.05, 0) is 31.2 Å². The molecule has 3 rings (SSSR count). The van der Waals surface area contributed by atoms with Crippen molar-refractivity contribution in [2.75, 3.05) is 12.4 Å². The van der Waals surface area contributed by atoms with Crippen molar-refractivity contribution in [3.63, 3.8) is 0 Å². The first-order valence-electron chi connectivity index (χ1n) is 6.94. The Hall–Kier alpha value is -1.89. The van der Waals surface area contributed by atoms with Gasteiger partial charge in [-0.15, -0.1) is 11.3 Å². The summed E-state index contributed by atoms with van der Waals surface area (Å²) in [6.07, 6.45) is 3.94. The molecule has 112 valence electrons. The lowest BCUT2D eigenvalue weighted by atomic mass is 9.94. The zero-order chi connectivity index (χ0) is 15.0. The van der Waals surface area contributed by atoms with Crippen LogP contribution in [0, 0.1) is 5.92 Å². The zero-order valence-electron chi connectivity index (χ0n) is 11.8. The maximum Gasteiger partial charge on any atom is 0.251 e. The fourth-order valence-corrected chi connectivity index (χ4v) is 3.87. The normalized spacial score (nSPS) is 19.2. The number of rotatable bonds is 4. The lowest BCUT2D eigenvalue weighted by Crippen LogP contribution is -2.20. The first-order valence-corrected chi connectivity index (χ1v) is 7.76. The summed E-state index contributed by atoms with van der Waals surface area (Å²) in [6, 6.07) is 0. The van der Waals surface area contributed by atoms with Gasteiger partial charge in [-0.2, -0.15) is 0 Å². The molecule has 0 unspecified atom stereocenters. The maximum absolute atomic E-state index is 11.9. The SMILES string of the molecule is CO/N=C1\CCc2c(sc(NC(=O)C3CC3)c2C(N)=O)C1. The maximum atomic E-state index is 11.9. The van der Waals surface area contributed by atoms with Gasteiger partial charge in [0.1, 0.15) is 12.1 Å². The summed E-state index contributed by atoms with van der Waals surface area (Å²) < 4.78 is 0. The van der Waals surface area contributed by atoms with Crippen LogP contribution >= 0.6 is 11.3 Å². The topological polar surface area (TPSA) is 93.8 Å². The summed E-state index contributed by atoms with van der Waals surface area (Å²) >= 11 is 1.42. The number of amides is 2. The molecule has 0 saturated heterocycles. The van der Waals surface area contributed by atoms with Crippen LogP contribution in [0.5, 0.6) is 0 Å². The van der Waals surface area contributed by atoms with Gasteiger partial charge in [0.15, 0.2) is 0 Å². The second-order valence-electron chi connectivity index (χ2n) is 5.35. The molecule has 0 aromatic carbocycles. The van der Waals surface area contributed by atoms with Crippen LogP contribution in [-0.2, 0) is 22.5 Å². The third-order valence-corrected chi connectivity index (χ3v) is 4.92.